The van der Waals surface area contributed by atoms with Gasteiger partial charge in [-0.3, -0.25) is 4.98 Å². The lowest BCUT2D eigenvalue weighted by Crippen LogP contribution is -2.04. The molecule has 5 heteroatoms. The van der Waals surface area contributed by atoms with Crippen molar-refractivity contribution in [3.63, 3.8) is 0 Å². The van der Waals surface area contributed by atoms with Gasteiger partial charge in [-0.25, -0.2) is 0 Å². The van der Waals surface area contributed by atoms with Gasteiger partial charge >= 0.3 is 0 Å². The summed E-state index contributed by atoms with van der Waals surface area (Å²) in [6.07, 6.45) is 2.66. The second-order valence-corrected chi connectivity index (χ2v) is 5.82. The van der Waals surface area contributed by atoms with Crippen LogP contribution in [0.4, 0.5) is 0 Å². The van der Waals surface area contributed by atoms with Crippen molar-refractivity contribution >= 4 is 15.9 Å². The molecular weight excluding hydrogens is 334 g/mol. The fourth-order valence-corrected chi connectivity index (χ4v) is 2.85. The lowest BCUT2D eigenvalue weighted by atomic mass is 10.0. The fraction of sp³-hybridized carbons (Fsp3) is 0.312. The van der Waals surface area contributed by atoms with Crippen LogP contribution in [0.5, 0.6) is 11.5 Å². The smallest absolute Gasteiger partial charge is 0.231 e. The van der Waals surface area contributed by atoms with Crippen LogP contribution >= 0.6 is 15.9 Å². The van der Waals surface area contributed by atoms with E-state index in [2.05, 4.69) is 27.8 Å². The standard InChI is InChI=1S/C16H16BrNO3/c1-2-10-3-4-12(18-8-10)7-14(19)11-5-13(17)16-15(6-11)20-9-21-16/h3-6,8,14,19H,2,7,9H2,1H3. The van der Waals surface area contributed by atoms with Gasteiger partial charge in [0.05, 0.1) is 10.6 Å². The molecule has 0 amide bonds. The first-order valence-corrected chi connectivity index (χ1v) is 7.67. The predicted octanol–water partition coefficient (Wildman–Crippen LogP) is 3.41. The number of fused-ring (bicyclic) bond motifs is 1. The second kappa shape index (κ2) is 6.03. The van der Waals surface area contributed by atoms with E-state index in [1.165, 1.54) is 5.56 Å². The van der Waals surface area contributed by atoms with Crippen LogP contribution in [-0.4, -0.2) is 16.9 Å². The molecule has 2 heterocycles. The largest absolute Gasteiger partial charge is 0.454 e. The van der Waals surface area contributed by atoms with E-state index in [1.807, 2.05) is 30.5 Å². The van der Waals surface area contributed by atoms with Crippen molar-refractivity contribution < 1.29 is 14.6 Å². The zero-order valence-corrected chi connectivity index (χ0v) is 13.3. The highest BCUT2D eigenvalue weighted by Gasteiger charge is 2.20. The molecule has 0 fully saturated rings. The molecule has 0 spiro atoms. The van der Waals surface area contributed by atoms with Crippen molar-refractivity contribution in [3.8, 4) is 11.5 Å². The third kappa shape index (κ3) is 3.04. The van der Waals surface area contributed by atoms with Gasteiger partial charge in [-0.15, -0.1) is 0 Å². The minimum absolute atomic E-state index is 0.216. The maximum Gasteiger partial charge on any atom is 0.231 e. The average Bonchev–Trinajstić information content (AvgIpc) is 2.97. The molecule has 0 aliphatic carbocycles. The van der Waals surface area contributed by atoms with E-state index in [4.69, 9.17) is 9.47 Å². The van der Waals surface area contributed by atoms with E-state index in [0.29, 0.717) is 17.9 Å². The summed E-state index contributed by atoms with van der Waals surface area (Å²) in [7, 11) is 0. The first kappa shape index (κ1) is 14.4. The van der Waals surface area contributed by atoms with Gasteiger partial charge in [-0.2, -0.15) is 0 Å². The molecular formula is C16H16BrNO3. The Morgan fingerprint density at radius 2 is 2.19 bits per heavy atom. The van der Waals surface area contributed by atoms with E-state index in [9.17, 15) is 5.11 Å². The molecule has 0 bridgehead atoms. The van der Waals surface area contributed by atoms with Crippen molar-refractivity contribution in [1.82, 2.24) is 4.98 Å². The Morgan fingerprint density at radius 1 is 1.33 bits per heavy atom. The minimum Gasteiger partial charge on any atom is -0.454 e. The van der Waals surface area contributed by atoms with Crippen molar-refractivity contribution in [3.05, 3.63) is 51.8 Å². The molecule has 0 saturated heterocycles. The van der Waals surface area contributed by atoms with Gasteiger partial charge in [0, 0.05) is 18.3 Å². The summed E-state index contributed by atoms with van der Waals surface area (Å²) in [6.45, 7) is 2.31. The van der Waals surface area contributed by atoms with Crippen molar-refractivity contribution in [1.29, 1.82) is 0 Å². The highest BCUT2D eigenvalue weighted by Crippen LogP contribution is 2.41. The van der Waals surface area contributed by atoms with Crippen molar-refractivity contribution in [2.45, 2.75) is 25.9 Å². The van der Waals surface area contributed by atoms with Crippen LogP contribution in [0.2, 0.25) is 0 Å². The molecule has 0 radical (unpaired) electrons. The molecule has 2 aromatic rings. The number of aromatic nitrogens is 1. The summed E-state index contributed by atoms with van der Waals surface area (Å²) >= 11 is 3.44. The van der Waals surface area contributed by atoms with Gasteiger partial charge in [0.25, 0.3) is 0 Å². The number of ether oxygens (including phenoxy) is 2. The van der Waals surface area contributed by atoms with Gasteiger partial charge in [0.15, 0.2) is 11.5 Å². The van der Waals surface area contributed by atoms with Crippen LogP contribution in [0.3, 0.4) is 0 Å². The maximum atomic E-state index is 10.4. The number of pyridine rings is 1. The zero-order chi connectivity index (χ0) is 14.8. The lowest BCUT2D eigenvalue weighted by molar-refractivity contribution is 0.171. The van der Waals surface area contributed by atoms with Crippen LogP contribution in [0.25, 0.3) is 0 Å². The van der Waals surface area contributed by atoms with Gasteiger partial charge in [-0.1, -0.05) is 13.0 Å². The number of aryl methyl sites for hydroxylation is 1. The molecule has 1 aromatic carbocycles. The Bertz CT molecular complexity index is 643. The third-order valence-electron chi connectivity index (χ3n) is 3.53. The molecule has 1 aliphatic rings. The van der Waals surface area contributed by atoms with Crippen LogP contribution < -0.4 is 9.47 Å². The second-order valence-electron chi connectivity index (χ2n) is 4.97. The number of hydrogen-bond donors (Lipinski definition) is 1. The predicted molar refractivity (Wildman–Crippen MR) is 82.5 cm³/mol. The van der Waals surface area contributed by atoms with E-state index >= 15 is 0 Å². The Morgan fingerprint density at radius 3 is 2.90 bits per heavy atom. The monoisotopic (exact) mass is 349 g/mol. The maximum absolute atomic E-state index is 10.4. The molecule has 1 unspecified atom stereocenters. The number of nitrogens with zero attached hydrogens (tertiary/aromatic N) is 1. The van der Waals surface area contributed by atoms with Crippen molar-refractivity contribution in [2.75, 3.05) is 6.79 Å². The van der Waals surface area contributed by atoms with Crippen molar-refractivity contribution in [2.24, 2.45) is 0 Å². The number of aliphatic hydroxyl groups is 1. The average molecular weight is 350 g/mol. The summed E-state index contributed by atoms with van der Waals surface area (Å²) in [5.41, 5.74) is 2.85. The van der Waals surface area contributed by atoms with E-state index < -0.39 is 6.10 Å². The lowest BCUT2D eigenvalue weighted by Gasteiger charge is -2.12. The molecule has 1 aromatic heterocycles. The number of halogens is 1. The summed E-state index contributed by atoms with van der Waals surface area (Å²) in [6, 6.07) is 7.69. The molecule has 4 nitrogen and oxygen atoms in total. The first-order chi connectivity index (χ1) is 10.2. The molecule has 3 rings (SSSR count). The molecule has 21 heavy (non-hydrogen) atoms. The van der Waals surface area contributed by atoms with E-state index in [-0.39, 0.29) is 6.79 Å². The quantitative estimate of drug-likeness (QED) is 0.918. The minimum atomic E-state index is -0.629. The van der Waals surface area contributed by atoms with Gasteiger partial charge < -0.3 is 14.6 Å². The number of hydrogen-bond acceptors (Lipinski definition) is 4. The molecule has 0 saturated carbocycles. The Kier molecular flexibility index (Phi) is 4.12. The van der Waals surface area contributed by atoms with Crippen LogP contribution in [-0.2, 0) is 12.8 Å². The van der Waals surface area contributed by atoms with E-state index in [0.717, 1.165) is 22.2 Å². The Labute approximate surface area is 131 Å². The van der Waals surface area contributed by atoms with Gasteiger partial charge in [0.1, 0.15) is 0 Å². The van der Waals surface area contributed by atoms with Gasteiger partial charge in [0.2, 0.25) is 6.79 Å². The van der Waals surface area contributed by atoms with Gasteiger partial charge in [-0.05, 0) is 51.7 Å². The normalized spacial score (nSPS) is 14.2. The molecule has 1 atom stereocenters. The highest BCUT2D eigenvalue weighted by molar-refractivity contribution is 9.10. The SMILES string of the molecule is CCc1ccc(CC(O)c2cc(Br)c3c(c2)OCO3)nc1. The third-order valence-corrected chi connectivity index (χ3v) is 4.12. The highest BCUT2D eigenvalue weighted by atomic mass is 79.9. The summed E-state index contributed by atoms with van der Waals surface area (Å²) in [5, 5.41) is 10.4. The fourth-order valence-electron chi connectivity index (χ4n) is 2.28. The number of rotatable bonds is 4. The topological polar surface area (TPSA) is 51.6 Å². The summed E-state index contributed by atoms with van der Waals surface area (Å²) in [5.74, 6) is 1.35. The molecule has 110 valence electrons. The number of benzene rings is 1. The van der Waals surface area contributed by atoms with Crippen LogP contribution in [0.15, 0.2) is 34.9 Å². The summed E-state index contributed by atoms with van der Waals surface area (Å²) in [4.78, 5) is 4.38. The number of aliphatic hydroxyl groups excluding tert-OH is 1. The Hall–Kier alpha value is -1.59. The Balaban J connectivity index is 1.78. The molecule has 1 aliphatic heterocycles. The first-order valence-electron chi connectivity index (χ1n) is 6.88. The van der Waals surface area contributed by atoms with Crippen LogP contribution in [0.1, 0.15) is 29.8 Å². The van der Waals surface area contributed by atoms with Crippen LogP contribution in [0, 0.1) is 0 Å². The summed E-state index contributed by atoms with van der Waals surface area (Å²) < 4.78 is 11.5. The molecule has 1 N–H and O–H groups in total. The zero-order valence-electron chi connectivity index (χ0n) is 11.7. The van der Waals surface area contributed by atoms with E-state index in [1.54, 1.807) is 0 Å².